The molecule has 1 aromatic heterocycles. The molecule has 2 N–H and O–H groups in total. The molecular weight excluding hydrogens is 228 g/mol. The molecule has 0 unspecified atom stereocenters. The third-order valence-corrected chi connectivity index (χ3v) is 2.94. The smallest absolute Gasteiger partial charge is 0.222 e. The van der Waals surface area contributed by atoms with E-state index in [9.17, 15) is 4.79 Å². The van der Waals surface area contributed by atoms with E-state index in [1.54, 1.807) is 7.11 Å². The highest BCUT2D eigenvalue weighted by Crippen LogP contribution is 2.30. The van der Waals surface area contributed by atoms with Gasteiger partial charge in [0.1, 0.15) is 5.75 Å². The molecule has 0 radical (unpaired) electrons. The number of rotatable bonds is 3. The predicted octanol–water partition coefficient (Wildman–Crippen LogP) is 1.89. The average molecular weight is 244 g/mol. The normalized spacial score (nSPS) is 10.6. The molecule has 0 aliphatic carbocycles. The van der Waals surface area contributed by atoms with E-state index >= 15 is 0 Å². The van der Waals surface area contributed by atoms with Gasteiger partial charge in [-0.25, -0.2) is 0 Å². The van der Waals surface area contributed by atoms with Gasteiger partial charge >= 0.3 is 0 Å². The zero-order chi connectivity index (χ0) is 13.3. The molecule has 4 nitrogen and oxygen atoms in total. The molecule has 1 aromatic carbocycles. The molecule has 0 aliphatic rings. The van der Waals surface area contributed by atoms with Crippen LogP contribution in [0.4, 0.5) is 0 Å². The Bertz CT molecular complexity index is 621. The van der Waals surface area contributed by atoms with Crippen LogP contribution in [0.5, 0.6) is 5.75 Å². The van der Waals surface area contributed by atoms with Crippen LogP contribution in [0.15, 0.2) is 18.2 Å². The van der Waals surface area contributed by atoms with Gasteiger partial charge in [-0.05, 0) is 37.6 Å². The molecule has 2 aromatic rings. The number of carbonyl (C=O) groups is 1. The summed E-state index contributed by atoms with van der Waals surface area (Å²) in [6.45, 7) is 3.95. The summed E-state index contributed by atoms with van der Waals surface area (Å²) in [7, 11) is 1.59. The van der Waals surface area contributed by atoms with E-state index in [0.717, 1.165) is 27.7 Å². The monoisotopic (exact) mass is 244 g/mol. The minimum absolute atomic E-state index is 0.159. The van der Waals surface area contributed by atoms with E-state index in [-0.39, 0.29) is 12.3 Å². The topological polar surface area (TPSA) is 65.2 Å². The number of hydrogen-bond acceptors (Lipinski definition) is 3. The molecule has 0 saturated carbocycles. The minimum Gasteiger partial charge on any atom is -0.496 e. The number of pyridine rings is 1. The van der Waals surface area contributed by atoms with E-state index in [0.29, 0.717) is 5.75 Å². The van der Waals surface area contributed by atoms with Crippen molar-refractivity contribution >= 4 is 16.8 Å². The molecule has 0 saturated heterocycles. The molecule has 18 heavy (non-hydrogen) atoms. The van der Waals surface area contributed by atoms with Crippen molar-refractivity contribution in [3.8, 4) is 5.75 Å². The van der Waals surface area contributed by atoms with Gasteiger partial charge in [0, 0.05) is 16.6 Å². The van der Waals surface area contributed by atoms with Crippen molar-refractivity contribution in [1.29, 1.82) is 0 Å². The molecule has 94 valence electrons. The first kappa shape index (κ1) is 12.4. The number of methoxy groups -OCH3 is 1. The molecule has 0 aliphatic heterocycles. The number of ether oxygens (including phenoxy) is 1. The first-order valence-corrected chi connectivity index (χ1v) is 5.75. The summed E-state index contributed by atoms with van der Waals surface area (Å²) in [6, 6.07) is 5.72. The fraction of sp³-hybridized carbons (Fsp3) is 0.286. The molecule has 0 fully saturated rings. The van der Waals surface area contributed by atoms with Gasteiger partial charge in [-0.2, -0.15) is 0 Å². The van der Waals surface area contributed by atoms with Crippen molar-refractivity contribution in [1.82, 2.24) is 4.98 Å². The summed E-state index contributed by atoms with van der Waals surface area (Å²) >= 11 is 0. The van der Waals surface area contributed by atoms with Gasteiger partial charge in [0.05, 0.1) is 19.0 Å². The second kappa shape index (κ2) is 4.64. The fourth-order valence-electron chi connectivity index (χ4n) is 2.30. The maximum absolute atomic E-state index is 11.2. The van der Waals surface area contributed by atoms with E-state index in [4.69, 9.17) is 10.5 Å². The Kier molecular flexibility index (Phi) is 3.19. The Labute approximate surface area is 106 Å². The zero-order valence-corrected chi connectivity index (χ0v) is 10.8. The number of fused-ring (bicyclic) bond motifs is 1. The summed E-state index contributed by atoms with van der Waals surface area (Å²) in [4.78, 5) is 15.7. The van der Waals surface area contributed by atoms with Gasteiger partial charge in [-0.1, -0.05) is 0 Å². The van der Waals surface area contributed by atoms with E-state index < -0.39 is 0 Å². The average Bonchev–Trinajstić information content (AvgIpc) is 2.27. The van der Waals surface area contributed by atoms with E-state index in [2.05, 4.69) is 4.98 Å². The summed E-state index contributed by atoms with van der Waals surface area (Å²) in [5.74, 6) is 0.302. The maximum atomic E-state index is 11.2. The zero-order valence-electron chi connectivity index (χ0n) is 10.8. The SMILES string of the molecule is COc1ccc2nc(C)cc(C)c2c1CC(N)=O. The van der Waals surface area contributed by atoms with Crippen LogP contribution in [0.1, 0.15) is 16.8 Å². The number of aryl methyl sites for hydroxylation is 2. The Morgan fingerprint density at radius 1 is 1.39 bits per heavy atom. The highest BCUT2D eigenvalue weighted by Gasteiger charge is 2.13. The Balaban J connectivity index is 2.79. The van der Waals surface area contributed by atoms with Crippen LogP contribution in [0, 0.1) is 13.8 Å². The Hall–Kier alpha value is -2.10. The second-order valence-corrected chi connectivity index (χ2v) is 4.36. The van der Waals surface area contributed by atoms with Gasteiger partial charge in [0.25, 0.3) is 0 Å². The quantitative estimate of drug-likeness (QED) is 0.896. The minimum atomic E-state index is -0.374. The van der Waals surface area contributed by atoms with E-state index in [1.807, 2.05) is 32.0 Å². The fourth-order valence-corrected chi connectivity index (χ4v) is 2.30. The lowest BCUT2D eigenvalue weighted by atomic mass is 9.99. The molecule has 4 heteroatoms. The third kappa shape index (κ3) is 2.14. The van der Waals surface area contributed by atoms with Crippen LogP contribution in [0.2, 0.25) is 0 Å². The van der Waals surface area contributed by atoms with Gasteiger partial charge < -0.3 is 10.5 Å². The highest BCUT2D eigenvalue weighted by atomic mass is 16.5. The van der Waals surface area contributed by atoms with Crippen LogP contribution in [-0.4, -0.2) is 18.0 Å². The standard InChI is InChI=1S/C14H16N2O2/c1-8-6-9(2)16-11-4-5-12(18-3)10(14(8)11)7-13(15)17/h4-6H,7H2,1-3H3,(H2,15,17). The number of carbonyl (C=O) groups excluding carboxylic acids is 1. The van der Waals surface area contributed by atoms with Crippen LogP contribution in [0.3, 0.4) is 0 Å². The van der Waals surface area contributed by atoms with Crippen molar-refractivity contribution in [3.63, 3.8) is 0 Å². The lowest BCUT2D eigenvalue weighted by Gasteiger charge is -2.13. The predicted molar refractivity (Wildman–Crippen MR) is 70.7 cm³/mol. The van der Waals surface area contributed by atoms with Gasteiger partial charge in [0.15, 0.2) is 0 Å². The van der Waals surface area contributed by atoms with Crippen molar-refractivity contribution in [2.24, 2.45) is 5.73 Å². The highest BCUT2D eigenvalue weighted by molar-refractivity contribution is 5.92. The van der Waals surface area contributed by atoms with Crippen LogP contribution < -0.4 is 10.5 Å². The molecule has 0 atom stereocenters. The molecular formula is C14H16N2O2. The van der Waals surface area contributed by atoms with Gasteiger partial charge in [-0.15, -0.1) is 0 Å². The number of nitrogens with two attached hydrogens (primary N) is 1. The van der Waals surface area contributed by atoms with Crippen LogP contribution >= 0.6 is 0 Å². The number of aromatic nitrogens is 1. The van der Waals surface area contributed by atoms with Crippen molar-refractivity contribution in [2.75, 3.05) is 7.11 Å². The molecule has 1 heterocycles. The first-order valence-electron chi connectivity index (χ1n) is 5.75. The summed E-state index contributed by atoms with van der Waals surface area (Å²) in [5.41, 5.74) is 9.01. The molecule has 0 spiro atoms. The largest absolute Gasteiger partial charge is 0.496 e. The number of benzene rings is 1. The lowest BCUT2D eigenvalue weighted by molar-refractivity contribution is -0.117. The third-order valence-electron chi connectivity index (χ3n) is 2.94. The number of primary amides is 1. The van der Waals surface area contributed by atoms with Crippen LogP contribution in [-0.2, 0) is 11.2 Å². The van der Waals surface area contributed by atoms with Crippen molar-refractivity contribution < 1.29 is 9.53 Å². The molecule has 0 bridgehead atoms. The Morgan fingerprint density at radius 2 is 2.11 bits per heavy atom. The van der Waals surface area contributed by atoms with Crippen molar-refractivity contribution in [2.45, 2.75) is 20.3 Å². The lowest BCUT2D eigenvalue weighted by Crippen LogP contribution is -2.15. The number of amides is 1. The molecule has 1 amide bonds. The van der Waals surface area contributed by atoms with Gasteiger partial charge in [0.2, 0.25) is 5.91 Å². The summed E-state index contributed by atoms with van der Waals surface area (Å²) in [5, 5.41) is 0.957. The number of hydrogen-bond donors (Lipinski definition) is 1. The van der Waals surface area contributed by atoms with E-state index in [1.165, 1.54) is 0 Å². The second-order valence-electron chi connectivity index (χ2n) is 4.36. The van der Waals surface area contributed by atoms with Gasteiger partial charge in [-0.3, -0.25) is 9.78 Å². The summed E-state index contributed by atoms with van der Waals surface area (Å²) < 4.78 is 5.30. The molecule has 2 rings (SSSR count). The first-order chi connectivity index (χ1) is 8.52. The maximum Gasteiger partial charge on any atom is 0.222 e. The number of nitrogens with zero attached hydrogens (tertiary/aromatic N) is 1. The van der Waals surface area contributed by atoms with Crippen LogP contribution in [0.25, 0.3) is 10.9 Å². The summed E-state index contributed by atoms with van der Waals surface area (Å²) in [6.07, 6.45) is 0.159. The van der Waals surface area contributed by atoms with Crippen molar-refractivity contribution in [3.05, 3.63) is 35.0 Å². The Morgan fingerprint density at radius 3 is 2.72 bits per heavy atom.